The van der Waals surface area contributed by atoms with Crippen LogP contribution in [0.5, 0.6) is 11.5 Å². The number of ether oxygens (including phenoxy) is 2. The van der Waals surface area contributed by atoms with Gasteiger partial charge >= 0.3 is 0 Å². The molecule has 4 heterocycles. The second-order valence-electron chi connectivity index (χ2n) is 11.0. The van der Waals surface area contributed by atoms with E-state index < -0.39 is 0 Å². The summed E-state index contributed by atoms with van der Waals surface area (Å²) < 4.78 is 18.9. The van der Waals surface area contributed by atoms with Crippen LogP contribution >= 0.6 is 11.8 Å². The lowest BCUT2D eigenvalue weighted by Crippen LogP contribution is -2.32. The lowest BCUT2D eigenvalue weighted by molar-refractivity contribution is 0.243. The Balaban J connectivity index is 1.13. The van der Waals surface area contributed by atoms with Crippen molar-refractivity contribution in [1.29, 1.82) is 0 Å². The van der Waals surface area contributed by atoms with E-state index in [9.17, 15) is 4.79 Å². The predicted molar refractivity (Wildman–Crippen MR) is 179 cm³/mol. The number of thioether (sulfide) groups is 1. The molecule has 0 aliphatic carbocycles. The number of pyridine rings is 1. The molecule has 0 unspecified atom stereocenters. The van der Waals surface area contributed by atoms with Crippen LogP contribution in [0.3, 0.4) is 0 Å². The Morgan fingerprint density at radius 3 is 2.60 bits per heavy atom. The van der Waals surface area contributed by atoms with E-state index in [1.165, 1.54) is 17.3 Å². The molecular weight excluding hydrogens is 614 g/mol. The molecule has 0 fully saturated rings. The van der Waals surface area contributed by atoms with E-state index in [2.05, 4.69) is 54.5 Å². The van der Waals surface area contributed by atoms with Crippen LogP contribution in [0.2, 0.25) is 0 Å². The highest BCUT2D eigenvalue weighted by Crippen LogP contribution is 2.34. The SMILES string of the molecule is CCOc1ccc(-n2c(SCc3nc(-c4cc5c([nH]c4=O)CCN(Cc4ccccc4)C5)no3)nnc2-c2ccccc2OC)cc1. The van der Waals surface area contributed by atoms with Crippen molar-refractivity contribution in [3.8, 4) is 40.0 Å². The van der Waals surface area contributed by atoms with E-state index in [1.54, 1.807) is 7.11 Å². The number of nitrogens with one attached hydrogen (secondary N) is 1. The lowest BCUT2D eigenvalue weighted by atomic mass is 10.0. The minimum atomic E-state index is -0.225. The van der Waals surface area contributed by atoms with E-state index in [1.807, 2.05) is 72.2 Å². The highest BCUT2D eigenvalue weighted by Gasteiger charge is 2.23. The number of nitrogens with zero attached hydrogens (tertiary/aromatic N) is 6. The Bertz CT molecular complexity index is 2040. The molecule has 7 rings (SSSR count). The molecule has 238 valence electrons. The van der Waals surface area contributed by atoms with Crippen LogP contribution in [-0.2, 0) is 25.3 Å². The van der Waals surface area contributed by atoms with Crippen LogP contribution in [0, 0.1) is 0 Å². The van der Waals surface area contributed by atoms with Crippen LogP contribution in [-0.4, -0.2) is 55.1 Å². The summed E-state index contributed by atoms with van der Waals surface area (Å²) in [7, 11) is 1.63. The molecule has 0 amide bonds. The Labute approximate surface area is 275 Å². The molecule has 0 saturated carbocycles. The number of methoxy groups -OCH3 is 1. The Morgan fingerprint density at radius 1 is 0.979 bits per heavy atom. The lowest BCUT2D eigenvalue weighted by Gasteiger charge is -2.28. The quantitative estimate of drug-likeness (QED) is 0.169. The van der Waals surface area contributed by atoms with Crippen molar-refractivity contribution in [3.63, 3.8) is 0 Å². The first-order valence-corrected chi connectivity index (χ1v) is 16.4. The first-order valence-electron chi connectivity index (χ1n) is 15.4. The third kappa shape index (κ3) is 6.56. The van der Waals surface area contributed by atoms with Gasteiger partial charge in [-0.05, 0) is 60.5 Å². The maximum absolute atomic E-state index is 13.1. The molecule has 12 heteroatoms. The average Bonchev–Trinajstić information content (AvgIpc) is 3.75. The molecule has 0 spiro atoms. The van der Waals surface area contributed by atoms with Crippen molar-refractivity contribution in [2.75, 3.05) is 20.3 Å². The molecule has 0 atom stereocenters. The molecule has 1 N–H and O–H groups in total. The molecule has 11 nitrogen and oxygen atoms in total. The fraction of sp³-hybridized carbons (Fsp3) is 0.229. The fourth-order valence-electron chi connectivity index (χ4n) is 5.72. The van der Waals surface area contributed by atoms with E-state index in [0.29, 0.717) is 40.5 Å². The van der Waals surface area contributed by atoms with Gasteiger partial charge in [-0.3, -0.25) is 14.3 Å². The Kier molecular flexibility index (Phi) is 8.85. The maximum Gasteiger partial charge on any atom is 0.259 e. The molecule has 3 aromatic carbocycles. The van der Waals surface area contributed by atoms with Crippen molar-refractivity contribution in [1.82, 2.24) is 34.8 Å². The van der Waals surface area contributed by atoms with Gasteiger partial charge in [-0.2, -0.15) is 4.98 Å². The summed E-state index contributed by atoms with van der Waals surface area (Å²) in [5.74, 6) is 3.03. The maximum atomic E-state index is 13.1. The summed E-state index contributed by atoms with van der Waals surface area (Å²) in [6.45, 7) is 4.98. The molecule has 0 radical (unpaired) electrons. The number of aromatic nitrogens is 6. The van der Waals surface area contributed by atoms with Crippen molar-refractivity contribution in [2.45, 2.75) is 37.3 Å². The fourth-order valence-corrected chi connectivity index (χ4v) is 6.50. The van der Waals surface area contributed by atoms with Gasteiger partial charge in [0.1, 0.15) is 11.5 Å². The zero-order chi connectivity index (χ0) is 32.2. The van der Waals surface area contributed by atoms with Gasteiger partial charge in [0.2, 0.25) is 11.7 Å². The second-order valence-corrected chi connectivity index (χ2v) is 12.0. The van der Waals surface area contributed by atoms with Crippen molar-refractivity contribution < 1.29 is 14.0 Å². The van der Waals surface area contributed by atoms with Crippen LogP contribution in [0.15, 0.2) is 99.4 Å². The highest BCUT2D eigenvalue weighted by molar-refractivity contribution is 7.98. The summed E-state index contributed by atoms with van der Waals surface area (Å²) in [6, 6.07) is 27.7. The molecule has 3 aromatic heterocycles. The molecule has 47 heavy (non-hydrogen) atoms. The van der Waals surface area contributed by atoms with Crippen LogP contribution in [0.1, 0.15) is 29.6 Å². The van der Waals surface area contributed by atoms with E-state index in [4.69, 9.17) is 14.0 Å². The first kappa shape index (κ1) is 30.5. The van der Waals surface area contributed by atoms with Crippen LogP contribution < -0.4 is 15.0 Å². The van der Waals surface area contributed by atoms with E-state index in [-0.39, 0.29) is 11.4 Å². The summed E-state index contributed by atoms with van der Waals surface area (Å²) in [4.78, 5) is 23.1. The molecule has 0 saturated heterocycles. The minimum absolute atomic E-state index is 0.225. The molecule has 6 aromatic rings. The first-order chi connectivity index (χ1) is 23.1. The standard InChI is InChI=1S/C35H33N7O4S/c1-3-45-26-15-13-25(14-16-26)42-33(27-11-7-8-12-30(27)44-2)38-39-35(42)47-22-31-37-32(40-46-31)28-19-24-21-41(18-17-29(24)36-34(28)43)20-23-9-5-4-6-10-23/h4-16,19H,3,17-18,20-22H2,1-2H3,(H,36,43). The van der Waals surface area contributed by atoms with Crippen molar-refractivity contribution >= 4 is 11.8 Å². The Morgan fingerprint density at radius 2 is 1.79 bits per heavy atom. The van der Waals surface area contributed by atoms with Crippen LogP contribution in [0.25, 0.3) is 28.5 Å². The number of fused-ring (bicyclic) bond motifs is 1. The monoisotopic (exact) mass is 647 g/mol. The number of H-pyrrole nitrogens is 1. The third-order valence-corrected chi connectivity index (χ3v) is 8.87. The van der Waals surface area contributed by atoms with Crippen LogP contribution in [0.4, 0.5) is 0 Å². The van der Waals surface area contributed by atoms with E-state index >= 15 is 0 Å². The topological polar surface area (TPSA) is 124 Å². The van der Waals surface area contributed by atoms with Gasteiger partial charge in [-0.15, -0.1) is 10.2 Å². The molecule has 1 aliphatic rings. The number of hydrogen-bond acceptors (Lipinski definition) is 10. The van der Waals surface area contributed by atoms with E-state index in [0.717, 1.165) is 54.3 Å². The number of hydrogen-bond donors (Lipinski definition) is 1. The third-order valence-electron chi connectivity index (χ3n) is 7.96. The minimum Gasteiger partial charge on any atom is -0.496 e. The van der Waals surface area contributed by atoms with Gasteiger partial charge in [0.15, 0.2) is 11.0 Å². The van der Waals surface area contributed by atoms with Crippen molar-refractivity contribution in [3.05, 3.63) is 118 Å². The summed E-state index contributed by atoms with van der Waals surface area (Å²) in [6.07, 6.45) is 0.775. The summed E-state index contributed by atoms with van der Waals surface area (Å²) in [5, 5.41) is 13.9. The molecular formula is C35H33N7O4S. The number of para-hydroxylation sites is 1. The van der Waals surface area contributed by atoms with Gasteiger partial charge in [0, 0.05) is 31.7 Å². The second kappa shape index (κ2) is 13.7. The number of benzene rings is 3. The van der Waals surface area contributed by atoms with Gasteiger partial charge in [-0.25, -0.2) is 0 Å². The largest absolute Gasteiger partial charge is 0.496 e. The van der Waals surface area contributed by atoms with Gasteiger partial charge < -0.3 is 19.0 Å². The number of aromatic amines is 1. The molecule has 0 bridgehead atoms. The summed E-state index contributed by atoms with van der Waals surface area (Å²) in [5.41, 5.74) is 5.11. The zero-order valence-corrected chi connectivity index (χ0v) is 26.9. The van der Waals surface area contributed by atoms with Gasteiger partial charge in [0.05, 0.1) is 36.3 Å². The van der Waals surface area contributed by atoms with Gasteiger partial charge in [-0.1, -0.05) is 59.4 Å². The Hall–Kier alpha value is -5.20. The normalized spacial score (nSPS) is 13.0. The van der Waals surface area contributed by atoms with Gasteiger partial charge in [0.25, 0.3) is 5.56 Å². The zero-order valence-electron chi connectivity index (χ0n) is 26.1. The smallest absolute Gasteiger partial charge is 0.259 e. The average molecular weight is 648 g/mol. The molecule has 1 aliphatic heterocycles. The number of rotatable bonds is 11. The predicted octanol–water partition coefficient (Wildman–Crippen LogP) is 5.93. The highest BCUT2D eigenvalue weighted by atomic mass is 32.2. The van der Waals surface area contributed by atoms with Crippen molar-refractivity contribution in [2.24, 2.45) is 0 Å². The summed E-state index contributed by atoms with van der Waals surface area (Å²) >= 11 is 1.40.